The minimum Gasteiger partial charge on any atom is -0.323 e. The average Bonchev–Trinajstić information content (AvgIpc) is 2.79. The Bertz CT molecular complexity index is 1090. The maximum atomic E-state index is 14.5. The molecule has 29 heavy (non-hydrogen) atoms. The molecule has 2 aliphatic heterocycles. The number of hydrogen-bond acceptors (Lipinski definition) is 3. The molecule has 0 bridgehead atoms. The zero-order chi connectivity index (χ0) is 20.9. The fourth-order valence-electron chi connectivity index (χ4n) is 3.24. The van der Waals surface area contributed by atoms with Gasteiger partial charge in [0.15, 0.2) is 0 Å². The van der Waals surface area contributed by atoms with E-state index in [4.69, 9.17) is 11.6 Å². The highest BCUT2D eigenvalue weighted by atomic mass is 79.9. The van der Waals surface area contributed by atoms with E-state index in [9.17, 15) is 22.0 Å². The first kappa shape index (κ1) is 20.0. The predicted molar refractivity (Wildman–Crippen MR) is 105 cm³/mol. The highest BCUT2D eigenvalue weighted by Crippen LogP contribution is 2.42. The lowest BCUT2D eigenvalue weighted by Gasteiger charge is -2.29. The summed E-state index contributed by atoms with van der Waals surface area (Å²) in [6.07, 6.45) is -3.21. The molecule has 0 spiro atoms. The molecule has 0 aliphatic carbocycles. The number of rotatable bonds is 1. The van der Waals surface area contributed by atoms with E-state index in [1.807, 2.05) is 0 Å². The highest BCUT2D eigenvalue weighted by Gasteiger charge is 2.38. The van der Waals surface area contributed by atoms with Crippen LogP contribution in [0.4, 0.5) is 27.6 Å². The summed E-state index contributed by atoms with van der Waals surface area (Å²) in [5, 5.41) is -0.677. The van der Waals surface area contributed by atoms with Gasteiger partial charge in [0.1, 0.15) is 17.5 Å². The molecule has 0 saturated heterocycles. The Hall–Kier alpha value is -2.26. The first-order chi connectivity index (χ1) is 13.7. The van der Waals surface area contributed by atoms with Gasteiger partial charge in [-0.3, -0.25) is 4.99 Å². The molecule has 0 saturated carbocycles. The molecule has 0 amide bonds. The second-order valence-electron chi connectivity index (χ2n) is 6.29. The molecule has 0 atom stereocenters. The maximum Gasteiger partial charge on any atom is 0.417 e. The van der Waals surface area contributed by atoms with Gasteiger partial charge in [-0.2, -0.15) is 13.2 Å². The molecule has 0 aromatic heterocycles. The molecule has 10 heteroatoms. The van der Waals surface area contributed by atoms with Crippen LogP contribution in [0.5, 0.6) is 0 Å². The van der Waals surface area contributed by atoms with E-state index in [1.54, 1.807) is 11.1 Å². The lowest BCUT2D eigenvalue weighted by atomic mass is 9.96. The summed E-state index contributed by atoms with van der Waals surface area (Å²) < 4.78 is 70.1. The molecule has 0 fully saturated rings. The van der Waals surface area contributed by atoms with Gasteiger partial charge in [0.05, 0.1) is 40.6 Å². The minimum atomic E-state index is -4.75. The second kappa shape index (κ2) is 7.21. The maximum absolute atomic E-state index is 14.5. The summed E-state index contributed by atoms with van der Waals surface area (Å²) in [6, 6.07) is 5.23. The third-order valence-corrected chi connectivity index (χ3v) is 5.35. The fourth-order valence-corrected chi connectivity index (χ4v) is 3.95. The van der Waals surface area contributed by atoms with Gasteiger partial charge in [-0.15, -0.1) is 0 Å². The fraction of sp³-hybridized carbons (Fsp3) is 0.158. The monoisotopic (exact) mass is 489 g/mol. The third kappa shape index (κ3) is 3.46. The molecule has 2 aromatic carbocycles. The standard InChI is InChI=1S/C19H10BrClF5N3/c20-9-6-27-14-7-28-18(15-11(22)2-1-3-12(15)23)16-13(29(14)8-9)5-4-10(17(16)21)19(24,25)26/h1-6H,7-8H2. The number of fused-ring (bicyclic) bond motifs is 3. The van der Waals surface area contributed by atoms with Crippen molar-refractivity contribution in [1.82, 2.24) is 0 Å². The molecule has 2 aromatic rings. The summed E-state index contributed by atoms with van der Waals surface area (Å²) in [4.78, 5) is 10.1. The number of hydrogen-bond donors (Lipinski definition) is 0. The zero-order valence-corrected chi connectivity index (χ0v) is 16.7. The van der Waals surface area contributed by atoms with Crippen molar-refractivity contribution in [2.75, 3.05) is 18.0 Å². The van der Waals surface area contributed by atoms with Gasteiger partial charge in [0.25, 0.3) is 0 Å². The molecule has 150 valence electrons. The summed E-state index contributed by atoms with van der Waals surface area (Å²) in [5.74, 6) is -1.49. The van der Waals surface area contributed by atoms with Crippen LogP contribution in [0.15, 0.2) is 51.0 Å². The number of alkyl halides is 3. The topological polar surface area (TPSA) is 28.0 Å². The van der Waals surface area contributed by atoms with Crippen molar-refractivity contribution >= 4 is 44.8 Å². The number of amidine groups is 1. The molecule has 3 nitrogen and oxygen atoms in total. The quantitative estimate of drug-likeness (QED) is 0.455. The smallest absolute Gasteiger partial charge is 0.323 e. The van der Waals surface area contributed by atoms with Crippen LogP contribution in [0, 0.1) is 11.6 Å². The van der Waals surface area contributed by atoms with Gasteiger partial charge in [-0.1, -0.05) is 33.6 Å². The molecule has 4 rings (SSSR count). The lowest BCUT2D eigenvalue weighted by Crippen LogP contribution is -2.35. The Labute approximate surface area is 175 Å². The normalized spacial score (nSPS) is 16.4. The van der Waals surface area contributed by atoms with E-state index in [0.29, 0.717) is 10.3 Å². The summed E-state index contributed by atoms with van der Waals surface area (Å²) >= 11 is 9.48. The molecule has 0 radical (unpaired) electrons. The number of anilines is 1. The molecule has 2 aliphatic rings. The van der Waals surface area contributed by atoms with Crippen molar-refractivity contribution in [1.29, 1.82) is 0 Å². The van der Waals surface area contributed by atoms with E-state index in [-0.39, 0.29) is 30.1 Å². The van der Waals surface area contributed by atoms with Crippen LogP contribution >= 0.6 is 27.5 Å². The van der Waals surface area contributed by atoms with Crippen LogP contribution in [0.1, 0.15) is 16.7 Å². The van der Waals surface area contributed by atoms with Crippen molar-refractivity contribution < 1.29 is 22.0 Å². The van der Waals surface area contributed by atoms with Crippen molar-refractivity contribution in [3.8, 4) is 0 Å². The van der Waals surface area contributed by atoms with Crippen molar-refractivity contribution in [3.05, 3.63) is 74.4 Å². The van der Waals surface area contributed by atoms with E-state index in [0.717, 1.165) is 24.3 Å². The third-order valence-electron chi connectivity index (χ3n) is 4.51. The first-order valence-corrected chi connectivity index (χ1v) is 9.43. The van der Waals surface area contributed by atoms with Crippen LogP contribution in [0.2, 0.25) is 5.02 Å². The lowest BCUT2D eigenvalue weighted by molar-refractivity contribution is -0.137. The summed E-state index contributed by atoms with van der Waals surface area (Å²) in [6.45, 7) is 0.169. The van der Waals surface area contributed by atoms with E-state index in [2.05, 4.69) is 25.9 Å². The minimum absolute atomic E-state index is 0.0910. The number of benzene rings is 2. The van der Waals surface area contributed by atoms with Gasteiger partial charge < -0.3 is 4.90 Å². The van der Waals surface area contributed by atoms with E-state index in [1.165, 1.54) is 6.07 Å². The van der Waals surface area contributed by atoms with Gasteiger partial charge in [0.2, 0.25) is 0 Å². The van der Waals surface area contributed by atoms with Crippen LogP contribution < -0.4 is 4.90 Å². The molecule has 0 unspecified atom stereocenters. The average molecular weight is 491 g/mol. The second-order valence-corrected chi connectivity index (χ2v) is 7.68. The van der Waals surface area contributed by atoms with E-state index >= 15 is 0 Å². The van der Waals surface area contributed by atoms with Gasteiger partial charge in [0, 0.05) is 16.2 Å². The number of nitrogens with zero attached hydrogens (tertiary/aromatic N) is 3. The molecular weight excluding hydrogens is 481 g/mol. The molecule has 0 N–H and O–H groups in total. The number of halogens is 7. The SMILES string of the molecule is Fc1cccc(F)c1C1=NCC2=NC=C(Br)CN2c2ccc(C(F)(F)F)c(Cl)c21. The highest BCUT2D eigenvalue weighted by molar-refractivity contribution is 9.11. The van der Waals surface area contributed by atoms with Crippen LogP contribution in [-0.4, -0.2) is 24.6 Å². The van der Waals surface area contributed by atoms with Gasteiger partial charge in [-0.05, 0) is 24.3 Å². The van der Waals surface area contributed by atoms with Crippen LogP contribution in [0.3, 0.4) is 0 Å². The van der Waals surface area contributed by atoms with E-state index < -0.39 is 34.0 Å². The van der Waals surface area contributed by atoms with Crippen molar-refractivity contribution in [2.45, 2.75) is 6.18 Å². The van der Waals surface area contributed by atoms with Gasteiger partial charge in [-0.25, -0.2) is 13.8 Å². The summed E-state index contributed by atoms with van der Waals surface area (Å²) in [5.41, 5.74) is -1.92. The zero-order valence-electron chi connectivity index (χ0n) is 14.4. The largest absolute Gasteiger partial charge is 0.417 e. The Morgan fingerprint density at radius 3 is 2.38 bits per heavy atom. The number of aliphatic imine (C=N–C) groups is 2. The van der Waals surface area contributed by atoms with Crippen molar-refractivity contribution in [2.24, 2.45) is 9.98 Å². The van der Waals surface area contributed by atoms with Crippen LogP contribution in [-0.2, 0) is 6.18 Å². The Morgan fingerprint density at radius 1 is 1.03 bits per heavy atom. The van der Waals surface area contributed by atoms with Gasteiger partial charge >= 0.3 is 6.18 Å². The molecule has 2 heterocycles. The Kier molecular flexibility index (Phi) is 4.98. The summed E-state index contributed by atoms with van der Waals surface area (Å²) in [7, 11) is 0. The molecular formula is C19H10BrClF5N3. The van der Waals surface area contributed by atoms with Crippen LogP contribution in [0.25, 0.3) is 0 Å². The Balaban J connectivity index is 2.05. The van der Waals surface area contributed by atoms with Crippen molar-refractivity contribution in [3.63, 3.8) is 0 Å². The predicted octanol–water partition coefficient (Wildman–Crippen LogP) is 5.94. The Morgan fingerprint density at radius 2 is 1.72 bits per heavy atom. The first-order valence-electron chi connectivity index (χ1n) is 8.26.